The number of carbonyl (C=O) groups excluding carboxylic acids is 1. The second-order valence-electron chi connectivity index (χ2n) is 4.62. The Morgan fingerprint density at radius 2 is 2.38 bits per heavy atom. The lowest BCUT2D eigenvalue weighted by Gasteiger charge is -2.41. The minimum atomic E-state index is -0.458. The van der Waals surface area contributed by atoms with Crippen LogP contribution in [-0.2, 0) is 4.79 Å². The molecular formula is C10H20N4O2. The SMILES string of the molecule is NC1NC(=O)CC(N2CCCC(CO)C2)N1. The summed E-state index contributed by atoms with van der Waals surface area (Å²) >= 11 is 0. The third-order valence-electron chi connectivity index (χ3n) is 3.32. The van der Waals surface area contributed by atoms with Crippen LogP contribution in [0.2, 0.25) is 0 Å². The van der Waals surface area contributed by atoms with Crippen molar-refractivity contribution in [2.75, 3.05) is 19.7 Å². The van der Waals surface area contributed by atoms with Gasteiger partial charge in [-0.1, -0.05) is 0 Å². The lowest BCUT2D eigenvalue weighted by molar-refractivity contribution is -0.126. The fraction of sp³-hybridized carbons (Fsp3) is 0.900. The number of nitrogens with two attached hydrogens (primary N) is 1. The molecule has 2 rings (SSSR count). The Balaban J connectivity index is 1.92. The summed E-state index contributed by atoms with van der Waals surface area (Å²) in [6, 6.07) is 0. The maximum atomic E-state index is 11.4. The Kier molecular flexibility index (Phi) is 3.75. The molecule has 2 aliphatic heterocycles. The molecule has 3 atom stereocenters. The van der Waals surface area contributed by atoms with Crippen LogP contribution in [0, 0.1) is 5.92 Å². The average Bonchev–Trinajstić information content (AvgIpc) is 2.28. The van der Waals surface area contributed by atoms with Gasteiger partial charge in [-0.3, -0.25) is 20.7 Å². The van der Waals surface area contributed by atoms with Gasteiger partial charge in [0, 0.05) is 13.2 Å². The molecule has 16 heavy (non-hydrogen) atoms. The van der Waals surface area contributed by atoms with Crippen LogP contribution in [0.25, 0.3) is 0 Å². The van der Waals surface area contributed by atoms with Crippen LogP contribution in [0.4, 0.5) is 0 Å². The van der Waals surface area contributed by atoms with E-state index < -0.39 is 6.29 Å². The second kappa shape index (κ2) is 5.09. The molecule has 2 aliphatic rings. The van der Waals surface area contributed by atoms with E-state index in [1.807, 2.05) is 0 Å². The van der Waals surface area contributed by atoms with Gasteiger partial charge in [-0.05, 0) is 25.3 Å². The largest absolute Gasteiger partial charge is 0.396 e. The van der Waals surface area contributed by atoms with Gasteiger partial charge in [0.15, 0.2) is 0 Å². The third kappa shape index (κ3) is 2.70. The van der Waals surface area contributed by atoms with Crippen LogP contribution >= 0.6 is 0 Å². The van der Waals surface area contributed by atoms with E-state index in [1.54, 1.807) is 0 Å². The number of nitrogens with zero attached hydrogens (tertiary/aromatic N) is 1. The standard InChI is InChI=1S/C10H20N4O2/c11-10-12-8(4-9(16)13-10)14-3-1-2-7(5-14)6-15/h7-8,10,12,15H,1-6,11H2,(H,13,16). The molecule has 2 heterocycles. The van der Waals surface area contributed by atoms with Gasteiger partial charge >= 0.3 is 0 Å². The van der Waals surface area contributed by atoms with Gasteiger partial charge in [0.05, 0.1) is 12.6 Å². The fourth-order valence-electron chi connectivity index (χ4n) is 2.48. The van der Waals surface area contributed by atoms with E-state index in [4.69, 9.17) is 10.8 Å². The van der Waals surface area contributed by atoms with Crippen molar-refractivity contribution in [2.24, 2.45) is 11.7 Å². The third-order valence-corrected chi connectivity index (χ3v) is 3.32. The van der Waals surface area contributed by atoms with Gasteiger partial charge in [0.1, 0.15) is 6.29 Å². The molecule has 0 bridgehead atoms. The average molecular weight is 228 g/mol. The molecule has 0 aromatic carbocycles. The lowest BCUT2D eigenvalue weighted by atomic mass is 9.98. The van der Waals surface area contributed by atoms with Gasteiger partial charge in [-0.15, -0.1) is 0 Å². The molecule has 0 aromatic rings. The molecule has 92 valence electrons. The first-order valence-corrected chi connectivity index (χ1v) is 5.85. The van der Waals surface area contributed by atoms with E-state index in [9.17, 15) is 4.79 Å². The van der Waals surface area contributed by atoms with Gasteiger partial charge < -0.3 is 10.4 Å². The molecule has 0 saturated carbocycles. The van der Waals surface area contributed by atoms with E-state index in [0.717, 1.165) is 25.9 Å². The highest BCUT2D eigenvalue weighted by molar-refractivity contribution is 5.77. The molecule has 0 spiro atoms. The molecule has 2 fully saturated rings. The monoisotopic (exact) mass is 228 g/mol. The molecule has 6 nitrogen and oxygen atoms in total. The zero-order valence-electron chi connectivity index (χ0n) is 9.35. The molecule has 5 N–H and O–H groups in total. The van der Waals surface area contributed by atoms with Crippen molar-refractivity contribution < 1.29 is 9.90 Å². The maximum Gasteiger partial charge on any atom is 0.225 e. The summed E-state index contributed by atoms with van der Waals surface area (Å²) in [7, 11) is 0. The van der Waals surface area contributed by atoms with Gasteiger partial charge in [0.2, 0.25) is 5.91 Å². The first-order valence-electron chi connectivity index (χ1n) is 5.85. The number of amides is 1. The predicted molar refractivity (Wildman–Crippen MR) is 59.0 cm³/mol. The van der Waals surface area contributed by atoms with Crippen molar-refractivity contribution in [1.29, 1.82) is 0 Å². The first kappa shape index (κ1) is 11.8. The van der Waals surface area contributed by atoms with Gasteiger partial charge in [0.25, 0.3) is 0 Å². The van der Waals surface area contributed by atoms with Crippen LogP contribution in [0.5, 0.6) is 0 Å². The number of carbonyl (C=O) groups is 1. The number of piperidine rings is 1. The molecule has 3 unspecified atom stereocenters. The first-order chi connectivity index (χ1) is 7.69. The van der Waals surface area contributed by atoms with E-state index in [2.05, 4.69) is 15.5 Å². The lowest BCUT2D eigenvalue weighted by Crippen LogP contribution is -2.66. The highest BCUT2D eigenvalue weighted by Crippen LogP contribution is 2.19. The normalized spacial score (nSPS) is 37.1. The fourth-order valence-corrected chi connectivity index (χ4v) is 2.48. The summed E-state index contributed by atoms with van der Waals surface area (Å²) in [6.07, 6.45) is 2.13. The van der Waals surface area contributed by atoms with Gasteiger partial charge in [-0.2, -0.15) is 0 Å². The molecule has 0 aromatic heterocycles. The van der Waals surface area contributed by atoms with Crippen LogP contribution in [0.15, 0.2) is 0 Å². The highest BCUT2D eigenvalue weighted by Gasteiger charge is 2.31. The van der Waals surface area contributed by atoms with Crippen LogP contribution in [-0.4, -0.2) is 48.1 Å². The molecule has 2 saturated heterocycles. The zero-order chi connectivity index (χ0) is 11.5. The van der Waals surface area contributed by atoms with Crippen molar-refractivity contribution in [3.63, 3.8) is 0 Å². The Hall–Kier alpha value is -0.690. The summed E-state index contributed by atoms with van der Waals surface area (Å²) in [4.78, 5) is 13.6. The van der Waals surface area contributed by atoms with Crippen molar-refractivity contribution >= 4 is 5.91 Å². The van der Waals surface area contributed by atoms with E-state index in [-0.39, 0.29) is 18.7 Å². The zero-order valence-corrected chi connectivity index (χ0v) is 9.35. The van der Waals surface area contributed by atoms with E-state index in [1.165, 1.54) is 0 Å². The molecule has 0 radical (unpaired) electrons. The topological polar surface area (TPSA) is 90.6 Å². The summed E-state index contributed by atoms with van der Waals surface area (Å²) in [6.45, 7) is 2.03. The number of likely N-dealkylation sites (tertiary alicyclic amines) is 1. The van der Waals surface area contributed by atoms with E-state index >= 15 is 0 Å². The summed E-state index contributed by atoms with van der Waals surface area (Å²) in [5, 5.41) is 14.9. The minimum absolute atomic E-state index is 0.0117. The molecule has 6 heteroatoms. The Bertz CT molecular complexity index is 261. The summed E-state index contributed by atoms with van der Waals surface area (Å²) in [5.74, 6) is 0.319. The molecule has 0 aliphatic carbocycles. The molecular weight excluding hydrogens is 208 g/mol. The summed E-state index contributed by atoms with van der Waals surface area (Å²) < 4.78 is 0. The second-order valence-corrected chi connectivity index (χ2v) is 4.62. The number of aliphatic hydroxyl groups is 1. The number of hydrogen-bond acceptors (Lipinski definition) is 5. The van der Waals surface area contributed by atoms with Crippen molar-refractivity contribution in [1.82, 2.24) is 15.5 Å². The highest BCUT2D eigenvalue weighted by atomic mass is 16.3. The Morgan fingerprint density at radius 3 is 3.06 bits per heavy atom. The Labute approximate surface area is 95.2 Å². The van der Waals surface area contributed by atoms with Crippen molar-refractivity contribution in [3.8, 4) is 0 Å². The molecule has 1 amide bonds. The van der Waals surface area contributed by atoms with Crippen LogP contribution in [0.1, 0.15) is 19.3 Å². The predicted octanol–water partition coefficient (Wildman–Crippen LogP) is -1.63. The Morgan fingerprint density at radius 1 is 1.56 bits per heavy atom. The number of hydrogen-bond donors (Lipinski definition) is 4. The minimum Gasteiger partial charge on any atom is -0.396 e. The number of rotatable bonds is 2. The number of nitrogens with one attached hydrogen (secondary N) is 2. The smallest absolute Gasteiger partial charge is 0.225 e. The van der Waals surface area contributed by atoms with Crippen molar-refractivity contribution in [3.05, 3.63) is 0 Å². The number of aliphatic hydroxyl groups excluding tert-OH is 1. The quantitative estimate of drug-likeness (QED) is 0.455. The van der Waals surface area contributed by atoms with E-state index in [0.29, 0.717) is 12.3 Å². The van der Waals surface area contributed by atoms with Crippen LogP contribution in [0.3, 0.4) is 0 Å². The van der Waals surface area contributed by atoms with Gasteiger partial charge in [-0.25, -0.2) is 0 Å². The van der Waals surface area contributed by atoms with Crippen LogP contribution < -0.4 is 16.4 Å². The van der Waals surface area contributed by atoms with Crippen molar-refractivity contribution in [2.45, 2.75) is 31.7 Å². The maximum absolute atomic E-state index is 11.4. The summed E-state index contributed by atoms with van der Waals surface area (Å²) in [5.41, 5.74) is 5.67.